The highest BCUT2D eigenvalue weighted by Gasteiger charge is 2.43. The maximum Gasteiger partial charge on any atom is 0.267 e. The summed E-state index contributed by atoms with van der Waals surface area (Å²) in [5.74, 6) is -4.76. The van der Waals surface area contributed by atoms with Gasteiger partial charge in [-0.05, 0) is 31.7 Å². The highest BCUT2D eigenvalue weighted by Crippen LogP contribution is 2.47. The first-order valence-corrected chi connectivity index (χ1v) is 11.5. The van der Waals surface area contributed by atoms with Gasteiger partial charge in [0.2, 0.25) is 0 Å². The van der Waals surface area contributed by atoms with E-state index >= 15 is 13.2 Å². The number of nitrogens with zero attached hydrogens (tertiary/aromatic N) is 2. The van der Waals surface area contributed by atoms with E-state index in [2.05, 4.69) is 9.97 Å². The average molecular weight is 502 g/mol. The Kier molecular flexibility index (Phi) is 7.28. The highest BCUT2D eigenvalue weighted by atomic mass is 19.1. The molecule has 1 aliphatic heterocycles. The molecule has 3 N–H and O–H groups in total. The fourth-order valence-electron chi connectivity index (χ4n) is 4.60. The van der Waals surface area contributed by atoms with Crippen LogP contribution in [-0.2, 0) is 10.3 Å². The van der Waals surface area contributed by atoms with Gasteiger partial charge in [-0.2, -0.15) is 0 Å². The predicted octanol–water partition coefficient (Wildman–Crippen LogP) is 4.36. The van der Waals surface area contributed by atoms with Crippen molar-refractivity contribution in [3.05, 3.63) is 65.4 Å². The zero-order valence-corrected chi connectivity index (χ0v) is 19.9. The molecule has 1 fully saturated rings. The Hall–Kier alpha value is -3.50. The molecule has 0 bridgehead atoms. The zero-order valence-electron chi connectivity index (χ0n) is 19.9. The number of amides is 1. The molecule has 0 aliphatic carbocycles. The van der Waals surface area contributed by atoms with E-state index in [1.165, 1.54) is 12.4 Å². The molecule has 1 amide bonds. The average Bonchev–Trinajstić information content (AvgIpc) is 2.85. The predicted molar refractivity (Wildman–Crippen MR) is 126 cm³/mol. The van der Waals surface area contributed by atoms with Gasteiger partial charge in [0.1, 0.15) is 35.4 Å². The van der Waals surface area contributed by atoms with E-state index in [1.807, 2.05) is 6.92 Å². The normalized spacial score (nSPS) is 19.8. The number of pyridine rings is 2. The number of carbonyl (C=O) groups is 1. The van der Waals surface area contributed by atoms with Crippen LogP contribution in [-0.4, -0.2) is 40.8 Å². The van der Waals surface area contributed by atoms with Gasteiger partial charge in [0, 0.05) is 47.8 Å². The molecular formula is C26H26F3N3O4. The maximum atomic E-state index is 16.5. The van der Waals surface area contributed by atoms with Crippen molar-refractivity contribution in [2.24, 2.45) is 11.7 Å². The first-order chi connectivity index (χ1) is 17.2. The summed E-state index contributed by atoms with van der Waals surface area (Å²) in [5, 5.41) is 8.91. The van der Waals surface area contributed by atoms with Crippen LogP contribution < -0.4 is 10.5 Å². The number of halogens is 3. The van der Waals surface area contributed by atoms with Gasteiger partial charge >= 0.3 is 0 Å². The Labute approximate surface area is 206 Å². The topological polar surface area (TPSA) is 108 Å². The summed E-state index contributed by atoms with van der Waals surface area (Å²) >= 11 is 0. The number of rotatable bonds is 7. The number of hydrogen-bond acceptors (Lipinski definition) is 6. The second kappa shape index (κ2) is 10.2. The lowest BCUT2D eigenvalue weighted by Gasteiger charge is -2.41. The number of ether oxygens (including phenoxy) is 2. The van der Waals surface area contributed by atoms with Crippen LogP contribution in [0.5, 0.6) is 5.75 Å². The van der Waals surface area contributed by atoms with E-state index in [4.69, 9.17) is 20.3 Å². The van der Waals surface area contributed by atoms with Gasteiger partial charge in [-0.3, -0.25) is 9.78 Å². The molecule has 190 valence electrons. The molecule has 2 atom stereocenters. The zero-order chi connectivity index (χ0) is 26.0. The van der Waals surface area contributed by atoms with Crippen LogP contribution in [0.3, 0.4) is 0 Å². The number of aromatic nitrogens is 2. The van der Waals surface area contributed by atoms with Crippen LogP contribution in [0.25, 0.3) is 22.4 Å². The lowest BCUT2D eigenvalue weighted by atomic mass is 9.75. The Bertz CT molecular complexity index is 1270. The molecule has 1 aliphatic rings. The summed E-state index contributed by atoms with van der Waals surface area (Å²) in [6.45, 7) is 3.34. The molecule has 0 saturated carbocycles. The number of hydrogen-bond donors (Lipinski definition) is 2. The quantitative estimate of drug-likeness (QED) is 0.498. The Morgan fingerprint density at radius 3 is 2.58 bits per heavy atom. The van der Waals surface area contributed by atoms with E-state index in [1.54, 1.807) is 19.1 Å². The molecule has 2 aromatic heterocycles. The minimum Gasteiger partial charge on any atom is -0.491 e. The van der Waals surface area contributed by atoms with Crippen LogP contribution in [0, 0.1) is 23.4 Å². The van der Waals surface area contributed by atoms with Crippen molar-refractivity contribution in [3.8, 4) is 28.1 Å². The Morgan fingerprint density at radius 1 is 1.28 bits per heavy atom. The number of nitrogens with two attached hydrogens (primary N) is 1. The molecule has 4 rings (SSSR count). The fraction of sp³-hybridized carbons (Fsp3) is 0.346. The van der Waals surface area contributed by atoms with Crippen molar-refractivity contribution >= 4 is 5.91 Å². The van der Waals surface area contributed by atoms with Crippen LogP contribution in [0.4, 0.5) is 13.2 Å². The standard InChI is InChI=1S/C26H26F3N3O4/c1-14-5-4-9-36-26(14,2)21-19(15-6-3-7-31-13-15)24(25(30)34)32-23(22(21)29)20-17(27)11-16(12-18(20)28)35-10-8-33/h3,6-7,11-14,33H,4-5,8-10H2,1-2H3,(H2,30,34). The van der Waals surface area contributed by atoms with Crippen molar-refractivity contribution < 1.29 is 32.5 Å². The van der Waals surface area contributed by atoms with E-state index in [0.29, 0.717) is 18.6 Å². The summed E-state index contributed by atoms with van der Waals surface area (Å²) in [6.07, 6.45) is 4.39. The van der Waals surface area contributed by atoms with E-state index in [9.17, 15) is 4.79 Å². The third kappa shape index (κ3) is 4.54. The first-order valence-electron chi connectivity index (χ1n) is 11.5. The van der Waals surface area contributed by atoms with Gasteiger partial charge in [0.05, 0.1) is 17.8 Å². The van der Waals surface area contributed by atoms with Crippen molar-refractivity contribution in [2.45, 2.75) is 32.3 Å². The van der Waals surface area contributed by atoms with Crippen molar-refractivity contribution in [1.29, 1.82) is 0 Å². The van der Waals surface area contributed by atoms with Gasteiger partial charge in [0.15, 0.2) is 5.82 Å². The maximum absolute atomic E-state index is 16.5. The Morgan fingerprint density at radius 2 is 2.00 bits per heavy atom. The summed E-state index contributed by atoms with van der Waals surface area (Å²) in [7, 11) is 0. The number of aliphatic hydroxyl groups is 1. The van der Waals surface area contributed by atoms with Crippen LogP contribution in [0.1, 0.15) is 42.7 Å². The molecule has 2 unspecified atom stereocenters. The summed E-state index contributed by atoms with van der Waals surface area (Å²) in [5.41, 5.74) is 2.91. The largest absolute Gasteiger partial charge is 0.491 e. The molecule has 1 saturated heterocycles. The third-order valence-corrected chi connectivity index (χ3v) is 6.55. The number of benzene rings is 1. The lowest BCUT2D eigenvalue weighted by Crippen LogP contribution is -2.40. The first kappa shape index (κ1) is 25.6. The van der Waals surface area contributed by atoms with Gasteiger partial charge in [-0.1, -0.05) is 13.0 Å². The minimum absolute atomic E-state index is 0.0665. The van der Waals surface area contributed by atoms with Crippen molar-refractivity contribution in [1.82, 2.24) is 9.97 Å². The summed E-state index contributed by atoms with van der Waals surface area (Å²) in [4.78, 5) is 20.7. The molecule has 1 aromatic carbocycles. The highest BCUT2D eigenvalue weighted by molar-refractivity contribution is 6.00. The number of primary amides is 1. The van der Waals surface area contributed by atoms with Crippen LogP contribution in [0.2, 0.25) is 0 Å². The molecule has 7 nitrogen and oxygen atoms in total. The van der Waals surface area contributed by atoms with Crippen molar-refractivity contribution in [3.63, 3.8) is 0 Å². The van der Waals surface area contributed by atoms with Gasteiger partial charge in [-0.15, -0.1) is 0 Å². The lowest BCUT2D eigenvalue weighted by molar-refractivity contribution is -0.108. The smallest absolute Gasteiger partial charge is 0.267 e. The van der Waals surface area contributed by atoms with Crippen LogP contribution >= 0.6 is 0 Å². The number of carbonyl (C=O) groups excluding carboxylic acids is 1. The van der Waals surface area contributed by atoms with Crippen LogP contribution in [0.15, 0.2) is 36.7 Å². The van der Waals surface area contributed by atoms with E-state index < -0.39 is 40.2 Å². The SMILES string of the molecule is CC1CCCOC1(C)c1c(F)c(-c2c(F)cc(OCCO)cc2F)nc(C(N)=O)c1-c1cccnc1. The molecule has 36 heavy (non-hydrogen) atoms. The molecule has 0 radical (unpaired) electrons. The third-order valence-electron chi connectivity index (χ3n) is 6.55. The monoisotopic (exact) mass is 501 g/mol. The van der Waals surface area contributed by atoms with Gasteiger partial charge in [0.25, 0.3) is 5.91 Å². The number of aliphatic hydroxyl groups excluding tert-OH is 1. The fourth-order valence-corrected chi connectivity index (χ4v) is 4.60. The molecule has 3 aromatic rings. The molecule has 0 spiro atoms. The van der Waals surface area contributed by atoms with E-state index in [-0.39, 0.29) is 41.7 Å². The molecule has 10 heteroatoms. The van der Waals surface area contributed by atoms with E-state index in [0.717, 1.165) is 18.6 Å². The van der Waals surface area contributed by atoms with Gasteiger partial charge in [-0.25, -0.2) is 18.2 Å². The second-order valence-electron chi connectivity index (χ2n) is 8.81. The van der Waals surface area contributed by atoms with Gasteiger partial charge < -0.3 is 20.3 Å². The molecular weight excluding hydrogens is 475 g/mol. The summed E-state index contributed by atoms with van der Waals surface area (Å²) < 4.78 is 58.0. The molecule has 3 heterocycles. The Balaban J connectivity index is 2.07. The van der Waals surface area contributed by atoms with Crippen molar-refractivity contribution in [2.75, 3.05) is 19.8 Å². The summed E-state index contributed by atoms with van der Waals surface area (Å²) in [6, 6.07) is 4.93. The minimum atomic E-state index is -1.26. The second-order valence-corrected chi connectivity index (χ2v) is 8.81.